The lowest BCUT2D eigenvalue weighted by molar-refractivity contribution is -0.136. The predicted octanol–water partition coefficient (Wildman–Crippen LogP) is 5.86. The van der Waals surface area contributed by atoms with Crippen LogP contribution in [0.2, 0.25) is 5.02 Å². The van der Waals surface area contributed by atoms with E-state index in [0.29, 0.717) is 42.6 Å². The summed E-state index contributed by atoms with van der Waals surface area (Å²) in [5.41, 5.74) is 1.56. The number of amides is 3. The van der Waals surface area contributed by atoms with Crippen molar-refractivity contribution in [1.82, 2.24) is 14.7 Å². The van der Waals surface area contributed by atoms with Crippen molar-refractivity contribution in [3.63, 3.8) is 0 Å². The summed E-state index contributed by atoms with van der Waals surface area (Å²) >= 11 is 5.94. The number of benzene rings is 3. The van der Waals surface area contributed by atoms with Gasteiger partial charge in [0.05, 0.1) is 22.7 Å². The number of nitrogens with zero attached hydrogens (tertiary/aromatic N) is 4. The summed E-state index contributed by atoms with van der Waals surface area (Å²) in [6.07, 6.45) is 0.297. The van der Waals surface area contributed by atoms with Gasteiger partial charge < -0.3 is 19.4 Å². The molecule has 3 aromatic rings. The minimum Gasteiger partial charge on any atom is -0.410 e. The molecule has 8 nitrogen and oxygen atoms in total. The molecule has 2 heterocycles. The lowest BCUT2D eigenvalue weighted by Crippen LogP contribution is -2.47. The first-order valence-corrected chi connectivity index (χ1v) is 14.8. The molecule has 0 aliphatic carbocycles. The molecule has 2 fully saturated rings. The summed E-state index contributed by atoms with van der Waals surface area (Å²) in [4.78, 5) is 45.0. The van der Waals surface area contributed by atoms with E-state index in [9.17, 15) is 23.2 Å². The Bertz CT molecular complexity index is 1570. The van der Waals surface area contributed by atoms with Gasteiger partial charge in [-0.3, -0.25) is 9.59 Å². The van der Waals surface area contributed by atoms with Gasteiger partial charge in [-0.05, 0) is 86.0 Å². The van der Waals surface area contributed by atoms with Gasteiger partial charge in [0.1, 0.15) is 17.4 Å². The first kappa shape index (κ1) is 31.0. The fourth-order valence-corrected chi connectivity index (χ4v) is 6.09. The van der Waals surface area contributed by atoms with Crippen molar-refractivity contribution >= 4 is 29.5 Å². The Labute approximate surface area is 259 Å². The number of piperidine rings is 1. The Morgan fingerprint density at radius 1 is 0.977 bits per heavy atom. The van der Waals surface area contributed by atoms with Crippen LogP contribution in [0.25, 0.3) is 0 Å². The van der Waals surface area contributed by atoms with Crippen LogP contribution in [0.5, 0.6) is 5.75 Å². The predicted molar refractivity (Wildman–Crippen MR) is 159 cm³/mol. The molecular weight excluding hydrogens is 590 g/mol. The molecule has 44 heavy (non-hydrogen) atoms. The van der Waals surface area contributed by atoms with E-state index in [1.54, 1.807) is 47.1 Å². The summed E-state index contributed by atoms with van der Waals surface area (Å²) in [5, 5.41) is 8.98. The molecular formula is C33H31ClF2N4O4. The molecule has 2 saturated heterocycles. The van der Waals surface area contributed by atoms with Gasteiger partial charge in [0, 0.05) is 50.1 Å². The highest BCUT2D eigenvalue weighted by Crippen LogP contribution is 2.35. The van der Waals surface area contributed by atoms with E-state index >= 15 is 0 Å². The zero-order chi connectivity index (χ0) is 31.4. The summed E-state index contributed by atoms with van der Waals surface area (Å²) in [6.45, 7) is 3.33. The van der Waals surface area contributed by atoms with Gasteiger partial charge >= 0.3 is 6.09 Å². The van der Waals surface area contributed by atoms with Crippen molar-refractivity contribution in [2.75, 3.05) is 32.7 Å². The number of rotatable bonds is 6. The van der Waals surface area contributed by atoms with Crippen LogP contribution in [0, 0.1) is 28.9 Å². The van der Waals surface area contributed by atoms with Crippen LogP contribution in [0.3, 0.4) is 0 Å². The van der Waals surface area contributed by atoms with Crippen LogP contribution in [0.1, 0.15) is 47.2 Å². The van der Waals surface area contributed by atoms with Crippen LogP contribution in [-0.4, -0.2) is 71.4 Å². The molecule has 11 heteroatoms. The van der Waals surface area contributed by atoms with Crippen LogP contribution < -0.4 is 4.74 Å². The fourth-order valence-electron chi connectivity index (χ4n) is 5.97. The lowest BCUT2D eigenvalue weighted by atomic mass is 9.93. The van der Waals surface area contributed by atoms with E-state index in [1.807, 2.05) is 6.07 Å². The maximum absolute atomic E-state index is 14.5. The molecule has 0 unspecified atom stereocenters. The van der Waals surface area contributed by atoms with Crippen molar-refractivity contribution in [3.05, 3.63) is 100 Å². The number of halogens is 3. The molecule has 0 spiro atoms. The molecule has 2 aliphatic rings. The average Bonchev–Trinajstić information content (AvgIpc) is 3.48. The van der Waals surface area contributed by atoms with Crippen molar-refractivity contribution < 1.29 is 27.9 Å². The molecule has 0 saturated carbocycles. The molecule has 0 aromatic heterocycles. The average molecular weight is 621 g/mol. The third-order valence-corrected chi connectivity index (χ3v) is 8.67. The standard InChI is InChI=1S/C33H31ClF2N4O4/c1-2-40(33(43)44-26-10-8-25(35)9-11-26)30-20-39(19-27(30)24-7-12-28(34)29(36)17-24)32(42)23-13-15-38(16-14-23)31(41)22-5-3-21(18-37)4-6-22/h3-12,17,23,27,30H,2,13-16,19-20H2,1H3/t27-,30+/m0/s1. The maximum Gasteiger partial charge on any atom is 0.415 e. The number of carbonyl (C=O) groups is 3. The minimum absolute atomic E-state index is 0.0263. The van der Waals surface area contributed by atoms with E-state index in [4.69, 9.17) is 21.6 Å². The van der Waals surface area contributed by atoms with Crippen LogP contribution >= 0.6 is 11.6 Å². The van der Waals surface area contributed by atoms with Gasteiger partial charge in [-0.1, -0.05) is 17.7 Å². The minimum atomic E-state index is -0.660. The Balaban J connectivity index is 1.30. The Hall–Kier alpha value is -4.49. The molecule has 0 bridgehead atoms. The Morgan fingerprint density at radius 3 is 2.27 bits per heavy atom. The summed E-state index contributed by atoms with van der Waals surface area (Å²) in [7, 11) is 0. The van der Waals surface area contributed by atoms with E-state index in [0.717, 1.165) is 0 Å². The maximum atomic E-state index is 14.5. The van der Waals surface area contributed by atoms with Crippen LogP contribution in [0.4, 0.5) is 13.6 Å². The smallest absolute Gasteiger partial charge is 0.410 e. The topological polar surface area (TPSA) is 93.9 Å². The monoisotopic (exact) mass is 620 g/mol. The third kappa shape index (κ3) is 6.68. The second kappa shape index (κ2) is 13.4. The number of hydrogen-bond donors (Lipinski definition) is 0. The number of ether oxygens (including phenoxy) is 1. The number of likely N-dealkylation sites (N-methyl/N-ethyl adjacent to an activating group) is 1. The van der Waals surface area contributed by atoms with Gasteiger partial charge in [0.15, 0.2) is 0 Å². The summed E-state index contributed by atoms with van der Waals surface area (Å²) < 4.78 is 33.4. The number of hydrogen-bond acceptors (Lipinski definition) is 5. The molecule has 3 aromatic carbocycles. The Kier molecular flexibility index (Phi) is 9.45. The molecule has 0 N–H and O–H groups in total. The zero-order valence-corrected chi connectivity index (χ0v) is 24.8. The van der Waals surface area contributed by atoms with E-state index < -0.39 is 29.7 Å². The summed E-state index contributed by atoms with van der Waals surface area (Å²) in [6, 6.07) is 17.6. The molecule has 228 valence electrons. The van der Waals surface area contributed by atoms with E-state index in [1.165, 1.54) is 41.3 Å². The highest BCUT2D eigenvalue weighted by molar-refractivity contribution is 6.30. The fraction of sp³-hybridized carbons (Fsp3) is 0.333. The zero-order valence-electron chi connectivity index (χ0n) is 24.1. The molecule has 5 rings (SSSR count). The quantitative estimate of drug-likeness (QED) is 0.344. The van der Waals surface area contributed by atoms with Gasteiger partial charge in [-0.2, -0.15) is 5.26 Å². The normalized spacial score (nSPS) is 18.5. The first-order chi connectivity index (χ1) is 21.2. The Morgan fingerprint density at radius 2 is 1.66 bits per heavy atom. The van der Waals surface area contributed by atoms with Crippen LogP contribution in [-0.2, 0) is 4.79 Å². The molecule has 3 amide bonds. The number of nitriles is 1. The van der Waals surface area contributed by atoms with Crippen molar-refractivity contribution in [2.24, 2.45) is 5.92 Å². The number of likely N-dealkylation sites (tertiary alicyclic amines) is 2. The lowest BCUT2D eigenvalue weighted by Gasteiger charge is -2.33. The van der Waals surface area contributed by atoms with Crippen LogP contribution in [0.15, 0.2) is 66.7 Å². The SMILES string of the molecule is CCN(C(=O)Oc1ccc(F)cc1)[C@@H]1CN(C(=O)C2CCN(C(=O)c3ccc(C#N)cc3)CC2)C[C@H]1c1ccc(Cl)c(F)c1. The summed E-state index contributed by atoms with van der Waals surface area (Å²) in [5.74, 6) is -1.84. The molecule has 0 radical (unpaired) electrons. The highest BCUT2D eigenvalue weighted by Gasteiger charge is 2.43. The van der Waals surface area contributed by atoms with Gasteiger partial charge in [0.25, 0.3) is 5.91 Å². The molecule has 2 atom stereocenters. The highest BCUT2D eigenvalue weighted by atomic mass is 35.5. The third-order valence-electron chi connectivity index (χ3n) is 8.36. The molecule has 2 aliphatic heterocycles. The van der Waals surface area contributed by atoms with Crippen molar-refractivity contribution in [3.8, 4) is 11.8 Å². The van der Waals surface area contributed by atoms with E-state index in [2.05, 4.69) is 0 Å². The first-order valence-electron chi connectivity index (χ1n) is 14.5. The van der Waals surface area contributed by atoms with Gasteiger partial charge in [-0.15, -0.1) is 0 Å². The van der Waals surface area contributed by atoms with E-state index in [-0.39, 0.29) is 48.1 Å². The second-order valence-electron chi connectivity index (χ2n) is 11.0. The van der Waals surface area contributed by atoms with Gasteiger partial charge in [-0.25, -0.2) is 13.6 Å². The number of carbonyl (C=O) groups excluding carboxylic acids is 3. The van der Waals surface area contributed by atoms with Crippen molar-refractivity contribution in [1.29, 1.82) is 5.26 Å². The second-order valence-corrected chi connectivity index (χ2v) is 11.4. The van der Waals surface area contributed by atoms with Gasteiger partial charge in [0.2, 0.25) is 5.91 Å². The largest absolute Gasteiger partial charge is 0.415 e. The van der Waals surface area contributed by atoms with Crippen molar-refractivity contribution in [2.45, 2.75) is 31.7 Å².